The molecule has 112 valence electrons. The minimum atomic E-state index is 0.641. The Hall–Kier alpha value is -0.0800. The quantitative estimate of drug-likeness (QED) is 0.817. The summed E-state index contributed by atoms with van der Waals surface area (Å²) >= 11 is 0. The van der Waals surface area contributed by atoms with Crippen LogP contribution in [0.3, 0.4) is 0 Å². The van der Waals surface area contributed by atoms with Gasteiger partial charge in [-0.3, -0.25) is 0 Å². The third-order valence-corrected chi connectivity index (χ3v) is 5.37. The van der Waals surface area contributed by atoms with E-state index in [2.05, 4.69) is 31.0 Å². The highest BCUT2D eigenvalue weighted by Crippen LogP contribution is 2.31. The highest BCUT2D eigenvalue weighted by atomic mass is 15.2. The number of nitrogens with one attached hydrogen (secondary N) is 1. The second kappa shape index (κ2) is 7.64. The first-order valence-corrected chi connectivity index (χ1v) is 8.66. The van der Waals surface area contributed by atoms with E-state index in [0.717, 1.165) is 17.9 Å². The van der Waals surface area contributed by atoms with Gasteiger partial charge in [0.15, 0.2) is 0 Å². The van der Waals surface area contributed by atoms with Crippen LogP contribution in [0.25, 0.3) is 0 Å². The first kappa shape index (κ1) is 15.3. The zero-order valence-electron chi connectivity index (χ0n) is 13.3. The van der Waals surface area contributed by atoms with Gasteiger partial charge in [0.1, 0.15) is 0 Å². The topological polar surface area (TPSA) is 15.3 Å². The van der Waals surface area contributed by atoms with E-state index < -0.39 is 0 Å². The molecule has 19 heavy (non-hydrogen) atoms. The van der Waals surface area contributed by atoms with Crippen LogP contribution in [-0.4, -0.2) is 36.6 Å². The molecule has 0 bridgehead atoms. The van der Waals surface area contributed by atoms with Crippen LogP contribution in [0, 0.1) is 11.8 Å². The Labute approximate surface area is 120 Å². The van der Waals surface area contributed by atoms with Gasteiger partial charge in [-0.05, 0) is 70.0 Å². The molecule has 0 aromatic rings. The number of rotatable bonds is 5. The Morgan fingerprint density at radius 1 is 0.947 bits per heavy atom. The van der Waals surface area contributed by atoms with Gasteiger partial charge in [0, 0.05) is 12.1 Å². The standard InChI is InChI=1S/C17H34N2/c1-4-15-5-7-17(8-6-15)19-11-9-16(10-12-19)13-18-14(2)3/h14-18H,4-13H2,1-3H3. The summed E-state index contributed by atoms with van der Waals surface area (Å²) in [7, 11) is 0. The molecule has 2 rings (SSSR count). The van der Waals surface area contributed by atoms with E-state index in [0.29, 0.717) is 6.04 Å². The van der Waals surface area contributed by atoms with Gasteiger partial charge in [0.2, 0.25) is 0 Å². The van der Waals surface area contributed by atoms with Gasteiger partial charge >= 0.3 is 0 Å². The van der Waals surface area contributed by atoms with Crippen molar-refractivity contribution in [1.82, 2.24) is 10.2 Å². The summed E-state index contributed by atoms with van der Waals surface area (Å²) in [5.41, 5.74) is 0. The lowest BCUT2D eigenvalue weighted by molar-refractivity contribution is 0.0931. The molecule has 2 aliphatic rings. The van der Waals surface area contributed by atoms with Crippen molar-refractivity contribution in [3.8, 4) is 0 Å². The van der Waals surface area contributed by atoms with Gasteiger partial charge in [-0.1, -0.05) is 27.2 Å². The second-order valence-corrected chi connectivity index (χ2v) is 7.13. The fourth-order valence-electron chi connectivity index (χ4n) is 3.84. The Morgan fingerprint density at radius 2 is 1.58 bits per heavy atom. The van der Waals surface area contributed by atoms with Crippen molar-refractivity contribution < 1.29 is 0 Å². The van der Waals surface area contributed by atoms with Gasteiger partial charge in [-0.15, -0.1) is 0 Å². The average Bonchev–Trinajstić information content (AvgIpc) is 2.46. The molecule has 1 aliphatic carbocycles. The van der Waals surface area contributed by atoms with Crippen LogP contribution in [0.5, 0.6) is 0 Å². The average molecular weight is 266 g/mol. The van der Waals surface area contributed by atoms with Crippen LogP contribution in [0.1, 0.15) is 65.7 Å². The fraction of sp³-hybridized carbons (Fsp3) is 1.00. The maximum Gasteiger partial charge on any atom is 0.00954 e. The number of hydrogen-bond donors (Lipinski definition) is 1. The summed E-state index contributed by atoms with van der Waals surface area (Å²) in [6.45, 7) is 10.8. The van der Waals surface area contributed by atoms with E-state index in [-0.39, 0.29) is 0 Å². The van der Waals surface area contributed by atoms with E-state index in [4.69, 9.17) is 0 Å². The molecule has 0 spiro atoms. The lowest BCUT2D eigenvalue weighted by atomic mass is 9.83. The van der Waals surface area contributed by atoms with Crippen molar-refractivity contribution in [3.05, 3.63) is 0 Å². The van der Waals surface area contributed by atoms with E-state index in [9.17, 15) is 0 Å². The van der Waals surface area contributed by atoms with Crippen molar-refractivity contribution in [1.29, 1.82) is 0 Å². The van der Waals surface area contributed by atoms with Gasteiger partial charge in [-0.25, -0.2) is 0 Å². The zero-order valence-corrected chi connectivity index (χ0v) is 13.3. The Balaban J connectivity index is 1.66. The van der Waals surface area contributed by atoms with Crippen LogP contribution < -0.4 is 5.32 Å². The molecular formula is C17H34N2. The van der Waals surface area contributed by atoms with Gasteiger partial charge in [0.25, 0.3) is 0 Å². The zero-order chi connectivity index (χ0) is 13.7. The maximum atomic E-state index is 3.60. The molecule has 1 aliphatic heterocycles. The SMILES string of the molecule is CCC1CCC(N2CCC(CNC(C)C)CC2)CC1. The predicted molar refractivity (Wildman–Crippen MR) is 83.5 cm³/mol. The van der Waals surface area contributed by atoms with Crippen molar-refractivity contribution >= 4 is 0 Å². The molecule has 1 saturated heterocycles. The minimum Gasteiger partial charge on any atom is -0.314 e. The number of hydrogen-bond acceptors (Lipinski definition) is 2. The van der Waals surface area contributed by atoms with Crippen LogP contribution in [-0.2, 0) is 0 Å². The van der Waals surface area contributed by atoms with E-state index in [1.807, 2.05) is 0 Å². The second-order valence-electron chi connectivity index (χ2n) is 7.13. The Kier molecular flexibility index (Phi) is 6.15. The van der Waals surface area contributed by atoms with E-state index in [1.165, 1.54) is 64.6 Å². The van der Waals surface area contributed by atoms with Crippen molar-refractivity contribution in [2.75, 3.05) is 19.6 Å². The third-order valence-electron chi connectivity index (χ3n) is 5.37. The molecule has 0 radical (unpaired) electrons. The maximum absolute atomic E-state index is 3.60. The first-order chi connectivity index (χ1) is 9.19. The molecule has 2 fully saturated rings. The Morgan fingerprint density at radius 3 is 2.11 bits per heavy atom. The molecule has 0 unspecified atom stereocenters. The van der Waals surface area contributed by atoms with Gasteiger partial charge in [0.05, 0.1) is 0 Å². The first-order valence-electron chi connectivity index (χ1n) is 8.66. The summed E-state index contributed by atoms with van der Waals surface area (Å²) in [5, 5.41) is 3.60. The number of likely N-dealkylation sites (tertiary alicyclic amines) is 1. The van der Waals surface area contributed by atoms with E-state index >= 15 is 0 Å². The highest BCUT2D eigenvalue weighted by Gasteiger charge is 2.28. The number of nitrogens with zero attached hydrogens (tertiary/aromatic N) is 1. The lowest BCUT2D eigenvalue weighted by Crippen LogP contribution is -2.45. The van der Waals surface area contributed by atoms with Crippen LogP contribution in [0.2, 0.25) is 0 Å². The summed E-state index contributed by atoms with van der Waals surface area (Å²) in [4.78, 5) is 2.80. The summed E-state index contributed by atoms with van der Waals surface area (Å²) in [5.74, 6) is 1.95. The largest absolute Gasteiger partial charge is 0.314 e. The van der Waals surface area contributed by atoms with Crippen LogP contribution in [0.15, 0.2) is 0 Å². The Bertz CT molecular complexity index is 236. The summed E-state index contributed by atoms with van der Waals surface area (Å²) < 4.78 is 0. The molecule has 1 N–H and O–H groups in total. The third kappa shape index (κ3) is 4.75. The van der Waals surface area contributed by atoms with Crippen LogP contribution in [0.4, 0.5) is 0 Å². The van der Waals surface area contributed by atoms with Gasteiger partial charge < -0.3 is 10.2 Å². The summed E-state index contributed by atoms with van der Waals surface area (Å²) in [6.07, 6.45) is 10.1. The minimum absolute atomic E-state index is 0.641. The molecule has 0 atom stereocenters. The fourth-order valence-corrected chi connectivity index (χ4v) is 3.84. The molecule has 1 heterocycles. The van der Waals surface area contributed by atoms with Crippen LogP contribution >= 0.6 is 0 Å². The highest BCUT2D eigenvalue weighted by molar-refractivity contribution is 4.83. The monoisotopic (exact) mass is 266 g/mol. The molecule has 1 saturated carbocycles. The molecule has 2 heteroatoms. The van der Waals surface area contributed by atoms with E-state index in [1.54, 1.807) is 0 Å². The normalized spacial score (nSPS) is 30.9. The molecule has 2 nitrogen and oxygen atoms in total. The molecule has 0 aromatic carbocycles. The number of piperidine rings is 1. The van der Waals surface area contributed by atoms with Crippen molar-refractivity contribution in [2.24, 2.45) is 11.8 Å². The lowest BCUT2D eigenvalue weighted by Gasteiger charge is -2.41. The molecule has 0 aromatic heterocycles. The predicted octanol–water partition coefficient (Wildman–Crippen LogP) is 3.67. The van der Waals surface area contributed by atoms with Gasteiger partial charge in [-0.2, -0.15) is 0 Å². The van der Waals surface area contributed by atoms with Crippen molar-refractivity contribution in [3.63, 3.8) is 0 Å². The molecule has 0 amide bonds. The van der Waals surface area contributed by atoms with Crippen molar-refractivity contribution in [2.45, 2.75) is 77.8 Å². The molecular weight excluding hydrogens is 232 g/mol. The summed E-state index contributed by atoms with van der Waals surface area (Å²) in [6, 6.07) is 1.56. The smallest absolute Gasteiger partial charge is 0.00954 e.